The normalized spacial score (nSPS) is 40.3. The van der Waals surface area contributed by atoms with Crippen molar-refractivity contribution in [3.8, 4) is 0 Å². The van der Waals surface area contributed by atoms with E-state index in [1.807, 2.05) is 0 Å². The molecule has 5 aliphatic rings. The van der Waals surface area contributed by atoms with Crippen molar-refractivity contribution < 1.29 is 14.3 Å². The zero-order chi connectivity index (χ0) is 31.2. The number of carbonyl (C=O) groups excluding carboxylic acids is 1. The SMILES string of the molecule is Cc1cn(C2CC(N=[N+]=[N-])C(COC(=O)CC[C@@H](C)[C@H]3CC[C@H]4[C@@H]5CC[C@@H]6CCCC[C@]6(C)[C@H]5CC[C@]34C)O2)c(=O)[nH]c1=O. The van der Waals surface area contributed by atoms with E-state index in [9.17, 15) is 14.4 Å². The van der Waals surface area contributed by atoms with Crippen LogP contribution in [0.2, 0.25) is 0 Å². The van der Waals surface area contributed by atoms with E-state index in [4.69, 9.17) is 15.0 Å². The summed E-state index contributed by atoms with van der Waals surface area (Å²) in [6.07, 6.45) is 15.4. The van der Waals surface area contributed by atoms with Crippen molar-refractivity contribution in [2.45, 2.75) is 130 Å². The molecule has 1 N–H and O–H groups in total. The van der Waals surface area contributed by atoms with E-state index in [0.717, 1.165) is 30.1 Å². The lowest BCUT2D eigenvalue weighted by Gasteiger charge is -2.61. The Bertz CT molecular complexity index is 1400. The van der Waals surface area contributed by atoms with Gasteiger partial charge in [-0.2, -0.15) is 0 Å². The monoisotopic (exact) mass is 609 g/mol. The number of hydrogen-bond acceptors (Lipinski definition) is 6. The first-order valence-electron chi connectivity index (χ1n) is 17.2. The molecule has 1 aromatic heterocycles. The number of aryl methyl sites for hydroxylation is 1. The first-order valence-corrected chi connectivity index (χ1v) is 17.2. The lowest BCUT2D eigenvalue weighted by molar-refractivity contribution is -0.149. The highest BCUT2D eigenvalue weighted by molar-refractivity contribution is 5.69. The highest BCUT2D eigenvalue weighted by Gasteiger charge is 2.60. The van der Waals surface area contributed by atoms with Crippen LogP contribution in [0.3, 0.4) is 0 Å². The Hall–Kier alpha value is -2.58. The van der Waals surface area contributed by atoms with Gasteiger partial charge in [-0.15, -0.1) is 0 Å². The molecule has 10 nitrogen and oxygen atoms in total. The molecule has 242 valence electrons. The minimum Gasteiger partial charge on any atom is -0.463 e. The molecule has 1 saturated heterocycles. The van der Waals surface area contributed by atoms with E-state index in [2.05, 4.69) is 35.8 Å². The minimum atomic E-state index is -0.723. The predicted molar refractivity (Wildman–Crippen MR) is 167 cm³/mol. The van der Waals surface area contributed by atoms with Crippen molar-refractivity contribution in [3.63, 3.8) is 0 Å². The predicted octanol–water partition coefficient (Wildman–Crippen LogP) is 6.82. The number of rotatable bonds is 8. The van der Waals surface area contributed by atoms with Crippen LogP contribution in [0.1, 0.15) is 116 Å². The fourth-order valence-corrected chi connectivity index (χ4v) is 11.1. The van der Waals surface area contributed by atoms with Crippen LogP contribution >= 0.6 is 0 Å². The molecular weight excluding hydrogens is 558 g/mol. The lowest BCUT2D eigenvalue weighted by Crippen LogP contribution is -2.53. The molecule has 0 amide bonds. The van der Waals surface area contributed by atoms with Gasteiger partial charge in [-0.3, -0.25) is 19.1 Å². The van der Waals surface area contributed by atoms with Crippen LogP contribution in [0, 0.1) is 53.3 Å². The maximum absolute atomic E-state index is 12.9. The molecule has 0 aromatic carbocycles. The molecule has 0 bridgehead atoms. The van der Waals surface area contributed by atoms with Crippen molar-refractivity contribution in [3.05, 3.63) is 43.0 Å². The van der Waals surface area contributed by atoms with Crippen molar-refractivity contribution >= 4 is 5.97 Å². The molecule has 3 unspecified atom stereocenters. The number of esters is 1. The van der Waals surface area contributed by atoms with Crippen molar-refractivity contribution in [1.82, 2.24) is 9.55 Å². The summed E-state index contributed by atoms with van der Waals surface area (Å²) in [4.78, 5) is 42.3. The number of azide groups is 1. The van der Waals surface area contributed by atoms with Crippen molar-refractivity contribution in [2.75, 3.05) is 6.61 Å². The number of fused-ring (bicyclic) bond motifs is 5. The second kappa shape index (κ2) is 12.3. The van der Waals surface area contributed by atoms with Gasteiger partial charge in [-0.1, -0.05) is 38.7 Å². The Balaban J connectivity index is 1.02. The number of hydrogen-bond donors (Lipinski definition) is 1. The van der Waals surface area contributed by atoms with Crippen LogP contribution in [-0.4, -0.2) is 34.3 Å². The summed E-state index contributed by atoms with van der Waals surface area (Å²) in [6, 6.07) is -0.590. The Kier molecular flexibility index (Phi) is 8.79. The highest BCUT2D eigenvalue weighted by Crippen LogP contribution is 2.68. The maximum Gasteiger partial charge on any atom is 0.330 e. The van der Waals surface area contributed by atoms with Crippen LogP contribution in [0.4, 0.5) is 0 Å². The molecule has 11 atom stereocenters. The Morgan fingerprint density at radius 3 is 2.73 bits per heavy atom. The Morgan fingerprint density at radius 1 is 1.14 bits per heavy atom. The van der Waals surface area contributed by atoms with Gasteiger partial charge >= 0.3 is 11.7 Å². The van der Waals surface area contributed by atoms with Gasteiger partial charge in [0.2, 0.25) is 0 Å². The minimum absolute atomic E-state index is 0.0451. The molecule has 44 heavy (non-hydrogen) atoms. The van der Waals surface area contributed by atoms with E-state index in [-0.39, 0.29) is 19.0 Å². The van der Waals surface area contributed by atoms with Crippen LogP contribution in [-0.2, 0) is 14.3 Å². The van der Waals surface area contributed by atoms with Gasteiger partial charge in [0.05, 0.1) is 6.04 Å². The molecule has 5 fully saturated rings. The number of H-pyrrole nitrogens is 1. The first-order chi connectivity index (χ1) is 21.0. The van der Waals surface area contributed by atoms with Crippen LogP contribution in [0.25, 0.3) is 10.4 Å². The van der Waals surface area contributed by atoms with Gasteiger partial charge in [0.15, 0.2) is 0 Å². The third-order valence-electron chi connectivity index (χ3n) is 13.4. The molecule has 2 heterocycles. The second-order valence-electron chi connectivity index (χ2n) is 15.4. The number of aromatic amines is 1. The molecule has 0 spiro atoms. The molecule has 1 aliphatic heterocycles. The fourth-order valence-electron chi connectivity index (χ4n) is 11.1. The smallest absolute Gasteiger partial charge is 0.330 e. The van der Waals surface area contributed by atoms with Crippen LogP contribution < -0.4 is 11.2 Å². The number of ether oxygens (including phenoxy) is 2. The Labute approximate surface area is 260 Å². The summed E-state index contributed by atoms with van der Waals surface area (Å²) in [6.45, 7) is 9.12. The number of nitrogens with one attached hydrogen (secondary N) is 1. The molecular formula is C34H51N5O5. The fraction of sp³-hybridized carbons (Fsp3) is 0.853. The van der Waals surface area contributed by atoms with Crippen molar-refractivity contribution in [1.29, 1.82) is 0 Å². The molecule has 10 heteroatoms. The number of nitrogens with zero attached hydrogens (tertiary/aromatic N) is 4. The van der Waals surface area contributed by atoms with Crippen LogP contribution in [0.5, 0.6) is 0 Å². The largest absolute Gasteiger partial charge is 0.463 e. The van der Waals surface area contributed by atoms with E-state index >= 15 is 0 Å². The molecule has 4 aliphatic carbocycles. The average Bonchev–Trinajstić information content (AvgIpc) is 3.57. The van der Waals surface area contributed by atoms with Gasteiger partial charge < -0.3 is 9.47 Å². The quantitative estimate of drug-likeness (QED) is 0.149. The first kappa shape index (κ1) is 31.4. The molecule has 4 saturated carbocycles. The van der Waals surface area contributed by atoms with E-state index in [1.54, 1.807) is 6.92 Å². The van der Waals surface area contributed by atoms with Crippen molar-refractivity contribution in [2.24, 2.45) is 51.5 Å². The summed E-state index contributed by atoms with van der Waals surface area (Å²) < 4.78 is 12.9. The standard InChI is InChI=1S/C34H51N5O5/c1-20(24-11-12-25-23-10-9-22-7-5-6-15-33(22,3)26(23)14-16-34(24,25)4)8-13-30(40)43-19-28-27(37-38-35)17-29(44-28)39-18-21(2)31(41)36-32(39)42/h18,20,22-29H,5-17,19H2,1-4H3,(H,36,41,42)/t20-,22+,23+,24-,25+,26+,27?,28?,29?,33+,34-/m1/s1. The van der Waals surface area contributed by atoms with Gasteiger partial charge in [0.1, 0.15) is 18.9 Å². The second-order valence-corrected chi connectivity index (χ2v) is 15.4. The van der Waals surface area contributed by atoms with Crippen LogP contribution in [0.15, 0.2) is 20.9 Å². The summed E-state index contributed by atoms with van der Waals surface area (Å²) in [5, 5.41) is 3.83. The molecule has 1 aromatic rings. The highest BCUT2D eigenvalue weighted by atomic mass is 16.6. The van der Waals surface area contributed by atoms with Gasteiger partial charge in [0, 0.05) is 29.5 Å². The van der Waals surface area contributed by atoms with Gasteiger partial charge in [-0.05, 0) is 117 Å². The summed E-state index contributed by atoms with van der Waals surface area (Å²) in [7, 11) is 0. The summed E-state index contributed by atoms with van der Waals surface area (Å²) in [5.74, 6) is 4.38. The molecule has 0 radical (unpaired) electrons. The van der Waals surface area contributed by atoms with Gasteiger partial charge in [0.25, 0.3) is 5.56 Å². The molecule has 6 rings (SSSR count). The number of aromatic nitrogens is 2. The van der Waals surface area contributed by atoms with E-state index in [1.165, 1.54) is 75.0 Å². The topological polar surface area (TPSA) is 139 Å². The Morgan fingerprint density at radius 2 is 1.93 bits per heavy atom. The summed E-state index contributed by atoms with van der Waals surface area (Å²) >= 11 is 0. The summed E-state index contributed by atoms with van der Waals surface area (Å²) in [5.41, 5.74) is 9.33. The lowest BCUT2D eigenvalue weighted by atomic mass is 9.44. The third-order valence-corrected chi connectivity index (χ3v) is 13.4. The maximum atomic E-state index is 12.9. The van der Waals surface area contributed by atoms with E-state index in [0.29, 0.717) is 34.7 Å². The number of carbonyl (C=O) groups is 1. The van der Waals surface area contributed by atoms with E-state index < -0.39 is 29.6 Å². The zero-order valence-corrected chi connectivity index (χ0v) is 27.0. The third kappa shape index (κ3) is 5.55. The van der Waals surface area contributed by atoms with Gasteiger partial charge in [-0.25, -0.2) is 4.79 Å². The average molecular weight is 610 g/mol. The zero-order valence-electron chi connectivity index (χ0n) is 27.0.